The molecule has 0 aromatic carbocycles. The molecule has 5 saturated carbocycles. The van der Waals surface area contributed by atoms with Crippen molar-refractivity contribution in [3.8, 4) is 0 Å². The Kier molecular flexibility index (Phi) is 11.5. The van der Waals surface area contributed by atoms with Crippen LogP contribution < -0.4 is 0 Å². The lowest BCUT2D eigenvalue weighted by Crippen LogP contribution is -2.65. The highest BCUT2D eigenvalue weighted by molar-refractivity contribution is 5.67. The highest BCUT2D eigenvalue weighted by Gasteiger charge is 2.85. The van der Waals surface area contributed by atoms with Gasteiger partial charge in [0, 0.05) is 19.8 Å². The molecule has 7 N–H and O–H groups in total. The largest absolute Gasteiger partial charge is 0.455 e. The lowest BCUT2D eigenvalue weighted by atomic mass is 9.41. The van der Waals surface area contributed by atoms with E-state index in [-0.39, 0.29) is 52.1 Å². The third-order valence-corrected chi connectivity index (χ3v) is 18.2. The second-order valence-electron chi connectivity index (χ2n) is 22.2. The van der Waals surface area contributed by atoms with Gasteiger partial charge in [-0.05, 0) is 117 Å². The van der Waals surface area contributed by atoms with E-state index in [4.69, 9.17) is 33.2 Å². The van der Waals surface area contributed by atoms with Crippen LogP contribution in [0.1, 0.15) is 120 Å². The molecule has 0 aromatic heterocycles. The zero-order valence-electron chi connectivity index (χ0n) is 37.3. The van der Waals surface area contributed by atoms with Crippen molar-refractivity contribution < 1.29 is 78.5 Å². The van der Waals surface area contributed by atoms with Crippen molar-refractivity contribution in [2.45, 2.75) is 211 Å². The zero-order chi connectivity index (χ0) is 44.6. The van der Waals surface area contributed by atoms with E-state index >= 15 is 0 Å². The molecular weight excluding hydrogens is 796 g/mol. The van der Waals surface area contributed by atoms with Gasteiger partial charge in [-0.1, -0.05) is 27.7 Å². The van der Waals surface area contributed by atoms with E-state index < -0.39 is 109 Å². The molecule has 0 aromatic rings. The molecule has 3 heterocycles. The molecule has 8 fully saturated rings. The van der Waals surface area contributed by atoms with Crippen molar-refractivity contribution in [2.24, 2.45) is 44.8 Å². The fourth-order valence-electron chi connectivity index (χ4n) is 15.5. The van der Waals surface area contributed by atoms with Crippen LogP contribution in [0.25, 0.3) is 0 Å². The van der Waals surface area contributed by atoms with Gasteiger partial charge in [0.05, 0.1) is 48.8 Å². The average Bonchev–Trinajstić information content (AvgIpc) is 3.52. The summed E-state index contributed by atoms with van der Waals surface area (Å²) in [6, 6.07) is 0. The van der Waals surface area contributed by atoms with Crippen LogP contribution in [-0.2, 0) is 42.7 Å². The normalized spacial score (nSPS) is 53.8. The molecule has 0 bridgehead atoms. The smallest absolute Gasteiger partial charge is 0.303 e. The third kappa shape index (κ3) is 6.89. The van der Waals surface area contributed by atoms with Gasteiger partial charge >= 0.3 is 11.9 Å². The van der Waals surface area contributed by atoms with Gasteiger partial charge in [-0.2, -0.15) is 0 Å². The number of rotatable bonds is 9. The highest BCUT2D eigenvalue weighted by atomic mass is 16.7. The van der Waals surface area contributed by atoms with Gasteiger partial charge in [0.25, 0.3) is 0 Å². The maximum Gasteiger partial charge on any atom is 0.303 e. The Hall–Kier alpha value is -1.54. The zero-order valence-corrected chi connectivity index (χ0v) is 37.3. The number of hydrogen-bond donors (Lipinski definition) is 7. The molecule has 5 aliphatic carbocycles. The van der Waals surface area contributed by atoms with E-state index in [1.165, 1.54) is 13.8 Å². The van der Waals surface area contributed by atoms with Crippen molar-refractivity contribution in [3.05, 3.63) is 0 Å². The lowest BCUT2D eigenvalue weighted by Gasteiger charge is -2.65. The summed E-state index contributed by atoms with van der Waals surface area (Å²) in [6.07, 6.45) is -7.80. The third-order valence-electron chi connectivity index (χ3n) is 18.2. The fraction of sp³-hybridized carbons (Fsp3) is 0.956. The summed E-state index contributed by atoms with van der Waals surface area (Å²) in [5, 5.41) is 77.1. The van der Waals surface area contributed by atoms with Crippen LogP contribution >= 0.6 is 0 Å². The number of esters is 2. The molecule has 16 nitrogen and oxygen atoms in total. The minimum Gasteiger partial charge on any atom is -0.455 e. The number of ether oxygens (including phenoxy) is 7. The summed E-state index contributed by atoms with van der Waals surface area (Å²) < 4.78 is 43.6. The van der Waals surface area contributed by atoms with E-state index in [0.717, 1.165) is 32.1 Å². The number of hydrogen-bond acceptors (Lipinski definition) is 16. The molecular formula is C45H72O16. The summed E-state index contributed by atoms with van der Waals surface area (Å²) in [7, 11) is 0. The Bertz CT molecular complexity index is 1680. The van der Waals surface area contributed by atoms with E-state index in [2.05, 4.69) is 34.6 Å². The first-order chi connectivity index (χ1) is 28.3. The molecule has 2 spiro atoms. The Morgan fingerprint density at radius 1 is 0.754 bits per heavy atom. The quantitative estimate of drug-likeness (QED) is 0.129. The molecule has 16 heteroatoms. The van der Waals surface area contributed by atoms with Gasteiger partial charge in [-0.25, -0.2) is 0 Å². The van der Waals surface area contributed by atoms with E-state index in [1.54, 1.807) is 13.8 Å². The topological polar surface area (TPSA) is 240 Å². The predicted octanol–water partition coefficient (Wildman–Crippen LogP) is 1.87. The SMILES string of the molecule is CC(=O)OC1C(O)CO[C@@H](OC2CC[C@]34C[C@]35CC[C@]3(C)[C@H]([C@@]6(C)CCC(C(C)(C)O)O6)C(O)C[C@@]3(C)[C@@H]5CC(O[C@@H]3OC(CO)C(O)C(O)C3O)[C@@H]4C2(C)C)C1OC(C)=O. The van der Waals surface area contributed by atoms with Gasteiger partial charge in [0.15, 0.2) is 24.8 Å². The molecule has 11 unspecified atom stereocenters. The van der Waals surface area contributed by atoms with E-state index in [0.29, 0.717) is 25.7 Å². The summed E-state index contributed by atoms with van der Waals surface area (Å²) in [5.74, 6) is -1.67. The van der Waals surface area contributed by atoms with Crippen LogP contribution in [0.4, 0.5) is 0 Å². The summed E-state index contributed by atoms with van der Waals surface area (Å²) >= 11 is 0. The Morgan fingerprint density at radius 3 is 2.05 bits per heavy atom. The molecule has 61 heavy (non-hydrogen) atoms. The van der Waals surface area contributed by atoms with Crippen LogP contribution in [-0.4, -0.2) is 152 Å². The van der Waals surface area contributed by atoms with Gasteiger partial charge < -0.3 is 68.9 Å². The summed E-state index contributed by atoms with van der Waals surface area (Å²) in [4.78, 5) is 24.5. The first-order valence-corrected chi connectivity index (χ1v) is 22.6. The Morgan fingerprint density at radius 2 is 1.43 bits per heavy atom. The maximum absolute atomic E-state index is 12.4. The van der Waals surface area contributed by atoms with Crippen molar-refractivity contribution >= 4 is 11.9 Å². The highest BCUT2D eigenvalue weighted by Crippen LogP contribution is 2.89. The number of aliphatic hydroxyl groups is 7. The molecule has 3 aliphatic heterocycles. The summed E-state index contributed by atoms with van der Waals surface area (Å²) in [6.45, 7) is 16.1. The second-order valence-corrected chi connectivity index (χ2v) is 22.2. The molecule has 3 saturated heterocycles. The van der Waals surface area contributed by atoms with Gasteiger partial charge in [-0.3, -0.25) is 9.59 Å². The fourth-order valence-corrected chi connectivity index (χ4v) is 15.5. The van der Waals surface area contributed by atoms with E-state index in [9.17, 15) is 45.3 Å². The molecule has 348 valence electrons. The number of carbonyl (C=O) groups excluding carboxylic acids is 2. The molecule has 0 amide bonds. The Balaban J connectivity index is 1.15. The van der Waals surface area contributed by atoms with Crippen molar-refractivity contribution in [1.82, 2.24) is 0 Å². The van der Waals surface area contributed by atoms with Crippen molar-refractivity contribution in [2.75, 3.05) is 13.2 Å². The first kappa shape index (κ1) is 46.0. The lowest BCUT2D eigenvalue weighted by molar-refractivity contribution is -0.339. The minimum absolute atomic E-state index is 0.0638. The summed E-state index contributed by atoms with van der Waals surface area (Å²) in [5.41, 5.74) is -3.46. The Labute approximate surface area is 358 Å². The van der Waals surface area contributed by atoms with Crippen LogP contribution in [0.5, 0.6) is 0 Å². The molecule has 0 radical (unpaired) electrons. The van der Waals surface area contributed by atoms with Crippen LogP contribution in [0, 0.1) is 44.8 Å². The second kappa shape index (κ2) is 15.3. The van der Waals surface area contributed by atoms with Crippen LogP contribution in [0.15, 0.2) is 0 Å². The number of aliphatic hydroxyl groups excluding tert-OH is 6. The van der Waals surface area contributed by atoms with E-state index in [1.807, 2.05) is 0 Å². The van der Waals surface area contributed by atoms with Gasteiger partial charge in [0.1, 0.15) is 30.5 Å². The minimum atomic E-state index is -1.63. The van der Waals surface area contributed by atoms with Gasteiger partial charge in [0.2, 0.25) is 0 Å². The molecule has 21 atom stereocenters. The standard InChI is InChI=1S/C45H72O16/c1-21(47)56-33-24(50)19-55-38(34(33)57-22(2)48)60-28-11-13-45-20-44(45)15-14-41(7)35(43(9)12-10-29(61-43)40(5,6)54)23(49)17-42(41,8)27(44)16-25(36(45)39(28,3)4)58-37-32(53)31(52)30(51)26(18-46)59-37/h23-38,46,49-54H,10-20H2,1-9H3/t23?,24?,25?,26?,27-,28?,29?,30?,31?,32?,33?,34?,35+,36+,37+,38-,41+,42-,43+,44-,45+/m0/s1. The predicted molar refractivity (Wildman–Crippen MR) is 213 cm³/mol. The maximum atomic E-state index is 12.4. The van der Waals surface area contributed by atoms with Crippen LogP contribution in [0.3, 0.4) is 0 Å². The molecule has 8 rings (SSSR count). The average molecular weight is 869 g/mol. The first-order valence-electron chi connectivity index (χ1n) is 22.6. The van der Waals surface area contributed by atoms with Gasteiger partial charge in [-0.15, -0.1) is 0 Å². The number of fused-ring (bicyclic) bond motifs is 2. The van der Waals surface area contributed by atoms with Crippen molar-refractivity contribution in [3.63, 3.8) is 0 Å². The monoisotopic (exact) mass is 868 g/mol. The van der Waals surface area contributed by atoms with Crippen LogP contribution in [0.2, 0.25) is 0 Å². The molecule has 8 aliphatic rings. The number of carbonyl (C=O) groups is 2. The van der Waals surface area contributed by atoms with Crippen molar-refractivity contribution in [1.29, 1.82) is 0 Å².